The number of para-hydroxylation sites is 1. The molecule has 0 aromatic heterocycles. The predicted octanol–water partition coefficient (Wildman–Crippen LogP) is 4.11. The van der Waals surface area contributed by atoms with E-state index in [2.05, 4.69) is 42.7 Å². The van der Waals surface area contributed by atoms with Gasteiger partial charge in [0, 0.05) is 11.4 Å². The van der Waals surface area contributed by atoms with E-state index in [0.29, 0.717) is 5.11 Å². The highest BCUT2D eigenvalue weighted by atomic mass is 32.1. The van der Waals surface area contributed by atoms with E-state index in [1.54, 1.807) is 0 Å². The van der Waals surface area contributed by atoms with Gasteiger partial charge in [0.25, 0.3) is 0 Å². The molecule has 0 saturated carbocycles. The number of anilines is 2. The van der Waals surface area contributed by atoms with Gasteiger partial charge in [-0.2, -0.15) is 0 Å². The summed E-state index contributed by atoms with van der Waals surface area (Å²) in [6.07, 6.45) is 0. The predicted molar refractivity (Wildman–Crippen MR) is 82.2 cm³/mol. The number of hydrogen-bond acceptors (Lipinski definition) is 1. The van der Waals surface area contributed by atoms with E-state index in [0.717, 1.165) is 11.4 Å². The number of aryl methyl sites for hydroxylation is 2. The standard InChI is InChI=1S/C15H16N2S/c1-11-7-9-13(10-8-11)16-15(18)17-14-6-4-3-5-12(14)2/h3-10H,1-2H3,(H2,16,17,18). The van der Waals surface area contributed by atoms with Crippen molar-refractivity contribution >= 4 is 28.7 Å². The lowest BCUT2D eigenvalue weighted by Gasteiger charge is -2.12. The number of benzene rings is 2. The summed E-state index contributed by atoms with van der Waals surface area (Å²) in [5.74, 6) is 0. The third-order valence-corrected chi connectivity index (χ3v) is 2.91. The van der Waals surface area contributed by atoms with Crippen LogP contribution in [0.3, 0.4) is 0 Å². The van der Waals surface area contributed by atoms with Crippen molar-refractivity contribution in [2.24, 2.45) is 0 Å². The van der Waals surface area contributed by atoms with Crippen molar-refractivity contribution in [1.29, 1.82) is 0 Å². The van der Waals surface area contributed by atoms with Crippen molar-refractivity contribution in [2.45, 2.75) is 13.8 Å². The van der Waals surface area contributed by atoms with Crippen molar-refractivity contribution < 1.29 is 0 Å². The van der Waals surface area contributed by atoms with Crippen LogP contribution in [0.15, 0.2) is 48.5 Å². The largest absolute Gasteiger partial charge is 0.332 e. The molecule has 0 saturated heterocycles. The van der Waals surface area contributed by atoms with Crippen LogP contribution in [0.25, 0.3) is 0 Å². The van der Waals surface area contributed by atoms with Crippen LogP contribution in [0.5, 0.6) is 0 Å². The van der Waals surface area contributed by atoms with E-state index >= 15 is 0 Å². The lowest BCUT2D eigenvalue weighted by molar-refractivity contribution is 1.45. The van der Waals surface area contributed by atoms with Gasteiger partial charge in [-0.25, -0.2) is 0 Å². The second kappa shape index (κ2) is 5.65. The molecule has 0 aliphatic heterocycles. The fraction of sp³-hybridized carbons (Fsp3) is 0.133. The van der Waals surface area contributed by atoms with E-state index in [1.165, 1.54) is 11.1 Å². The van der Waals surface area contributed by atoms with Gasteiger partial charge in [0.1, 0.15) is 0 Å². The average Bonchev–Trinajstić information content (AvgIpc) is 2.35. The Kier molecular flexibility index (Phi) is 3.95. The molecular formula is C15H16N2S. The Morgan fingerprint density at radius 3 is 2.22 bits per heavy atom. The van der Waals surface area contributed by atoms with E-state index in [9.17, 15) is 0 Å². The second-order valence-corrected chi connectivity index (χ2v) is 4.67. The summed E-state index contributed by atoms with van der Waals surface area (Å²) < 4.78 is 0. The van der Waals surface area contributed by atoms with Crippen molar-refractivity contribution in [3.8, 4) is 0 Å². The Morgan fingerprint density at radius 1 is 0.889 bits per heavy atom. The van der Waals surface area contributed by atoms with Gasteiger partial charge >= 0.3 is 0 Å². The highest BCUT2D eigenvalue weighted by molar-refractivity contribution is 7.80. The average molecular weight is 256 g/mol. The number of thiocarbonyl (C=S) groups is 1. The molecule has 0 radical (unpaired) electrons. The fourth-order valence-electron chi connectivity index (χ4n) is 1.63. The maximum atomic E-state index is 5.29. The van der Waals surface area contributed by atoms with Crippen LogP contribution < -0.4 is 10.6 Å². The Labute approximate surface area is 113 Å². The molecule has 0 atom stereocenters. The molecule has 2 rings (SSSR count). The Morgan fingerprint density at radius 2 is 1.56 bits per heavy atom. The smallest absolute Gasteiger partial charge is 0.175 e. The maximum absolute atomic E-state index is 5.29. The molecule has 3 heteroatoms. The molecule has 0 aliphatic rings. The molecule has 2 N–H and O–H groups in total. The highest BCUT2D eigenvalue weighted by Gasteiger charge is 2.00. The summed E-state index contributed by atoms with van der Waals surface area (Å²) in [5.41, 5.74) is 4.43. The Balaban J connectivity index is 2.01. The minimum Gasteiger partial charge on any atom is -0.332 e. The molecule has 0 fully saturated rings. The van der Waals surface area contributed by atoms with Gasteiger partial charge in [-0.15, -0.1) is 0 Å². The van der Waals surface area contributed by atoms with Crippen LogP contribution in [0.1, 0.15) is 11.1 Å². The lowest BCUT2D eigenvalue weighted by atomic mass is 10.2. The van der Waals surface area contributed by atoms with Gasteiger partial charge in [0.15, 0.2) is 5.11 Å². The van der Waals surface area contributed by atoms with Gasteiger partial charge in [-0.1, -0.05) is 35.9 Å². The Bertz CT molecular complexity index is 547. The minimum absolute atomic E-state index is 0.605. The van der Waals surface area contributed by atoms with Crippen LogP contribution >= 0.6 is 12.2 Å². The molecule has 0 bridgehead atoms. The third-order valence-electron chi connectivity index (χ3n) is 2.70. The fourth-order valence-corrected chi connectivity index (χ4v) is 1.86. The summed E-state index contributed by atoms with van der Waals surface area (Å²) in [5, 5.41) is 6.96. The molecule has 18 heavy (non-hydrogen) atoms. The topological polar surface area (TPSA) is 24.1 Å². The zero-order valence-corrected chi connectivity index (χ0v) is 11.3. The zero-order chi connectivity index (χ0) is 13.0. The first-order chi connectivity index (χ1) is 8.65. The van der Waals surface area contributed by atoms with Gasteiger partial charge in [-0.05, 0) is 49.8 Å². The normalized spacial score (nSPS) is 9.89. The first kappa shape index (κ1) is 12.6. The summed E-state index contributed by atoms with van der Waals surface area (Å²) in [7, 11) is 0. The molecule has 2 aromatic carbocycles. The quantitative estimate of drug-likeness (QED) is 0.791. The Hall–Kier alpha value is -1.87. The molecular weight excluding hydrogens is 240 g/mol. The van der Waals surface area contributed by atoms with E-state index in [1.807, 2.05) is 30.3 Å². The van der Waals surface area contributed by atoms with Crippen molar-refractivity contribution in [3.05, 3.63) is 59.7 Å². The van der Waals surface area contributed by atoms with E-state index in [-0.39, 0.29) is 0 Å². The van der Waals surface area contributed by atoms with Crippen molar-refractivity contribution in [2.75, 3.05) is 10.6 Å². The molecule has 0 spiro atoms. The van der Waals surface area contributed by atoms with Gasteiger partial charge in [0.05, 0.1) is 0 Å². The highest BCUT2D eigenvalue weighted by Crippen LogP contribution is 2.14. The summed E-state index contributed by atoms with van der Waals surface area (Å²) in [6, 6.07) is 16.2. The van der Waals surface area contributed by atoms with Crippen LogP contribution in [0.4, 0.5) is 11.4 Å². The van der Waals surface area contributed by atoms with Crippen LogP contribution in [-0.4, -0.2) is 5.11 Å². The SMILES string of the molecule is Cc1ccc(NC(=S)Nc2ccccc2C)cc1. The van der Waals surface area contributed by atoms with Crippen LogP contribution in [-0.2, 0) is 0 Å². The summed E-state index contributed by atoms with van der Waals surface area (Å²) in [4.78, 5) is 0. The first-order valence-electron chi connectivity index (χ1n) is 5.85. The molecule has 0 heterocycles. The number of hydrogen-bond donors (Lipinski definition) is 2. The maximum Gasteiger partial charge on any atom is 0.175 e. The van der Waals surface area contributed by atoms with E-state index in [4.69, 9.17) is 12.2 Å². The van der Waals surface area contributed by atoms with Gasteiger partial charge in [0.2, 0.25) is 0 Å². The van der Waals surface area contributed by atoms with Crippen LogP contribution in [0, 0.1) is 13.8 Å². The summed E-state index contributed by atoms with van der Waals surface area (Å²) >= 11 is 5.29. The number of rotatable bonds is 2. The molecule has 92 valence electrons. The monoisotopic (exact) mass is 256 g/mol. The van der Waals surface area contributed by atoms with E-state index < -0.39 is 0 Å². The van der Waals surface area contributed by atoms with Crippen molar-refractivity contribution in [1.82, 2.24) is 0 Å². The zero-order valence-electron chi connectivity index (χ0n) is 10.5. The molecule has 0 amide bonds. The minimum atomic E-state index is 0.605. The molecule has 2 aromatic rings. The molecule has 0 aliphatic carbocycles. The first-order valence-corrected chi connectivity index (χ1v) is 6.26. The lowest BCUT2D eigenvalue weighted by Crippen LogP contribution is -2.19. The second-order valence-electron chi connectivity index (χ2n) is 4.26. The van der Waals surface area contributed by atoms with Crippen molar-refractivity contribution in [3.63, 3.8) is 0 Å². The van der Waals surface area contributed by atoms with Crippen LogP contribution in [0.2, 0.25) is 0 Å². The number of nitrogens with one attached hydrogen (secondary N) is 2. The van der Waals surface area contributed by atoms with Gasteiger partial charge in [-0.3, -0.25) is 0 Å². The summed E-state index contributed by atoms with van der Waals surface area (Å²) in [6.45, 7) is 4.12. The molecule has 0 unspecified atom stereocenters. The van der Waals surface area contributed by atoms with Gasteiger partial charge < -0.3 is 10.6 Å². The molecule has 2 nitrogen and oxygen atoms in total. The third kappa shape index (κ3) is 3.31.